The van der Waals surface area contributed by atoms with Gasteiger partial charge in [0.15, 0.2) is 0 Å². The van der Waals surface area contributed by atoms with E-state index in [1.165, 1.54) is 4.88 Å². The van der Waals surface area contributed by atoms with E-state index in [-0.39, 0.29) is 5.84 Å². The highest BCUT2D eigenvalue weighted by atomic mass is 32.1. The summed E-state index contributed by atoms with van der Waals surface area (Å²) in [5, 5.41) is 9.47. The van der Waals surface area contributed by atoms with Gasteiger partial charge < -0.3 is 10.5 Å². The summed E-state index contributed by atoms with van der Waals surface area (Å²) in [5.41, 5.74) is 6.91. The molecule has 0 aliphatic rings. The van der Waals surface area contributed by atoms with Crippen molar-refractivity contribution in [3.8, 4) is 5.88 Å². The summed E-state index contributed by atoms with van der Waals surface area (Å²) in [6.07, 6.45) is 0.864. The standard InChI is InChI=1S/C13H15N3OS/c1-9-7-10(13(14)15)8-12(16-9)17-5-4-11-3-2-6-18-11/h2-3,6-8H,4-5H2,1H3,(H3,14,15). The van der Waals surface area contributed by atoms with Gasteiger partial charge in [-0.05, 0) is 24.4 Å². The summed E-state index contributed by atoms with van der Waals surface area (Å²) >= 11 is 1.71. The van der Waals surface area contributed by atoms with Crippen LogP contribution in [0.15, 0.2) is 29.6 Å². The van der Waals surface area contributed by atoms with E-state index in [9.17, 15) is 0 Å². The molecule has 0 aliphatic carbocycles. The molecule has 18 heavy (non-hydrogen) atoms. The summed E-state index contributed by atoms with van der Waals surface area (Å²) < 4.78 is 5.59. The molecule has 2 aromatic rings. The van der Waals surface area contributed by atoms with E-state index in [1.54, 1.807) is 23.5 Å². The number of ether oxygens (including phenoxy) is 1. The molecule has 3 N–H and O–H groups in total. The summed E-state index contributed by atoms with van der Waals surface area (Å²) in [4.78, 5) is 5.55. The molecule has 2 aromatic heterocycles. The lowest BCUT2D eigenvalue weighted by atomic mass is 10.2. The fourth-order valence-corrected chi connectivity index (χ4v) is 2.27. The lowest BCUT2D eigenvalue weighted by Gasteiger charge is -2.07. The van der Waals surface area contributed by atoms with Crippen molar-refractivity contribution >= 4 is 17.2 Å². The van der Waals surface area contributed by atoms with Gasteiger partial charge >= 0.3 is 0 Å². The number of nitrogen functional groups attached to an aromatic ring is 1. The van der Waals surface area contributed by atoms with E-state index in [0.29, 0.717) is 18.1 Å². The zero-order valence-electron chi connectivity index (χ0n) is 10.1. The van der Waals surface area contributed by atoms with Crippen LogP contribution in [0.2, 0.25) is 0 Å². The molecule has 5 heteroatoms. The number of thiophene rings is 1. The number of nitrogens with one attached hydrogen (secondary N) is 1. The average molecular weight is 261 g/mol. The van der Waals surface area contributed by atoms with Gasteiger partial charge in [-0.2, -0.15) is 0 Å². The van der Waals surface area contributed by atoms with Gasteiger partial charge in [-0.25, -0.2) is 4.98 Å². The highest BCUT2D eigenvalue weighted by Gasteiger charge is 2.04. The van der Waals surface area contributed by atoms with Crippen molar-refractivity contribution in [3.05, 3.63) is 45.8 Å². The first kappa shape index (κ1) is 12.6. The number of pyridine rings is 1. The zero-order chi connectivity index (χ0) is 13.0. The van der Waals surface area contributed by atoms with Crippen LogP contribution in [-0.4, -0.2) is 17.4 Å². The minimum absolute atomic E-state index is 0.0311. The third-order valence-electron chi connectivity index (χ3n) is 2.42. The summed E-state index contributed by atoms with van der Waals surface area (Å²) in [6, 6.07) is 7.58. The van der Waals surface area contributed by atoms with Gasteiger partial charge in [-0.1, -0.05) is 6.07 Å². The SMILES string of the molecule is Cc1cc(C(=N)N)cc(OCCc2cccs2)n1. The number of hydrogen-bond donors (Lipinski definition) is 2. The van der Waals surface area contributed by atoms with Crippen molar-refractivity contribution in [2.75, 3.05) is 6.61 Å². The molecular formula is C13H15N3OS. The Kier molecular flexibility index (Phi) is 3.94. The fraction of sp³-hybridized carbons (Fsp3) is 0.231. The molecule has 0 atom stereocenters. The summed E-state index contributed by atoms with van der Waals surface area (Å²) in [6.45, 7) is 2.44. The monoisotopic (exact) mass is 261 g/mol. The molecule has 0 saturated carbocycles. The van der Waals surface area contributed by atoms with Crippen LogP contribution in [0.3, 0.4) is 0 Å². The highest BCUT2D eigenvalue weighted by molar-refractivity contribution is 7.09. The van der Waals surface area contributed by atoms with Crippen LogP contribution in [0, 0.1) is 12.3 Å². The van der Waals surface area contributed by atoms with Gasteiger partial charge in [0, 0.05) is 28.6 Å². The third-order valence-corrected chi connectivity index (χ3v) is 3.36. The van der Waals surface area contributed by atoms with Crippen molar-refractivity contribution in [2.24, 2.45) is 5.73 Å². The second kappa shape index (κ2) is 5.64. The molecule has 0 unspecified atom stereocenters. The minimum Gasteiger partial charge on any atom is -0.477 e. The molecule has 0 amide bonds. The van der Waals surface area contributed by atoms with Crippen LogP contribution in [0.25, 0.3) is 0 Å². The van der Waals surface area contributed by atoms with Gasteiger partial charge in [0.1, 0.15) is 5.84 Å². The maximum atomic E-state index is 7.42. The van der Waals surface area contributed by atoms with Gasteiger partial charge in [0.05, 0.1) is 6.61 Å². The van der Waals surface area contributed by atoms with Crippen LogP contribution in [0.5, 0.6) is 5.88 Å². The van der Waals surface area contributed by atoms with Gasteiger partial charge in [0.25, 0.3) is 0 Å². The molecule has 0 aliphatic heterocycles. The maximum Gasteiger partial charge on any atom is 0.214 e. The normalized spacial score (nSPS) is 10.3. The number of nitrogens with zero attached hydrogens (tertiary/aromatic N) is 1. The predicted molar refractivity (Wildman–Crippen MR) is 73.5 cm³/mol. The molecule has 0 saturated heterocycles. The number of aryl methyl sites for hydroxylation is 1. The first-order valence-electron chi connectivity index (χ1n) is 5.63. The Labute approximate surface area is 110 Å². The van der Waals surface area contributed by atoms with Crippen LogP contribution >= 0.6 is 11.3 Å². The Morgan fingerprint density at radius 3 is 3.00 bits per heavy atom. The average Bonchev–Trinajstić information content (AvgIpc) is 2.81. The lowest BCUT2D eigenvalue weighted by Crippen LogP contribution is -2.12. The first-order valence-corrected chi connectivity index (χ1v) is 6.51. The van der Waals surface area contributed by atoms with E-state index in [4.69, 9.17) is 15.9 Å². The topological polar surface area (TPSA) is 72.0 Å². The molecule has 0 spiro atoms. The molecule has 0 fully saturated rings. The van der Waals surface area contributed by atoms with E-state index < -0.39 is 0 Å². The number of nitrogens with two attached hydrogens (primary N) is 1. The van der Waals surface area contributed by atoms with Crippen molar-refractivity contribution in [1.29, 1.82) is 5.41 Å². The quantitative estimate of drug-likeness (QED) is 0.641. The third kappa shape index (κ3) is 3.30. The van der Waals surface area contributed by atoms with Crippen molar-refractivity contribution in [1.82, 2.24) is 4.98 Å². The number of hydrogen-bond acceptors (Lipinski definition) is 4. The van der Waals surface area contributed by atoms with Crippen LogP contribution in [0.1, 0.15) is 16.1 Å². The molecule has 0 radical (unpaired) electrons. The number of amidine groups is 1. The van der Waals surface area contributed by atoms with E-state index in [1.807, 2.05) is 18.4 Å². The van der Waals surface area contributed by atoms with E-state index in [0.717, 1.165) is 12.1 Å². The molecule has 2 rings (SSSR count). The van der Waals surface area contributed by atoms with Gasteiger partial charge in [-0.15, -0.1) is 11.3 Å². The lowest BCUT2D eigenvalue weighted by molar-refractivity contribution is 0.310. The molecule has 2 heterocycles. The highest BCUT2D eigenvalue weighted by Crippen LogP contribution is 2.14. The second-order valence-electron chi connectivity index (χ2n) is 3.93. The van der Waals surface area contributed by atoms with E-state index >= 15 is 0 Å². The van der Waals surface area contributed by atoms with Crippen LogP contribution in [-0.2, 0) is 6.42 Å². The Balaban J connectivity index is 1.98. The molecular weight excluding hydrogens is 246 g/mol. The fourth-order valence-electron chi connectivity index (χ4n) is 1.58. The predicted octanol–water partition coefficient (Wildman–Crippen LogP) is 2.36. The van der Waals surface area contributed by atoms with Crippen LogP contribution < -0.4 is 10.5 Å². The summed E-state index contributed by atoms with van der Waals surface area (Å²) in [7, 11) is 0. The molecule has 94 valence electrons. The maximum absolute atomic E-state index is 7.42. The molecule has 0 aromatic carbocycles. The van der Waals surface area contributed by atoms with Crippen molar-refractivity contribution < 1.29 is 4.74 Å². The Bertz CT molecular complexity index is 537. The largest absolute Gasteiger partial charge is 0.477 e. The Morgan fingerprint density at radius 1 is 1.50 bits per heavy atom. The van der Waals surface area contributed by atoms with Gasteiger partial charge in [-0.3, -0.25) is 5.41 Å². The minimum atomic E-state index is 0.0311. The second-order valence-corrected chi connectivity index (χ2v) is 4.96. The Hall–Kier alpha value is -1.88. The smallest absolute Gasteiger partial charge is 0.214 e. The zero-order valence-corrected chi connectivity index (χ0v) is 11.0. The van der Waals surface area contributed by atoms with Crippen LogP contribution in [0.4, 0.5) is 0 Å². The van der Waals surface area contributed by atoms with Crippen molar-refractivity contribution in [2.45, 2.75) is 13.3 Å². The first-order chi connectivity index (χ1) is 8.65. The van der Waals surface area contributed by atoms with Crippen molar-refractivity contribution in [3.63, 3.8) is 0 Å². The number of rotatable bonds is 5. The summed E-state index contributed by atoms with van der Waals surface area (Å²) in [5.74, 6) is 0.556. The Morgan fingerprint density at radius 2 is 2.33 bits per heavy atom. The number of aromatic nitrogens is 1. The van der Waals surface area contributed by atoms with Gasteiger partial charge in [0.2, 0.25) is 5.88 Å². The molecule has 4 nitrogen and oxygen atoms in total. The van der Waals surface area contributed by atoms with E-state index in [2.05, 4.69) is 11.1 Å². The molecule has 0 bridgehead atoms.